The number of nitrogens with one attached hydrogen (secondary N) is 1. The van der Waals surface area contributed by atoms with Crippen LogP contribution in [0.2, 0.25) is 5.15 Å². The number of carbonyl (C=O) groups excluding carboxylic acids is 1. The molecule has 1 amide bonds. The molecule has 3 aromatic rings. The number of hydrogen-bond acceptors (Lipinski definition) is 6. The molecule has 0 aliphatic rings. The van der Waals surface area contributed by atoms with Crippen LogP contribution in [0.3, 0.4) is 0 Å². The largest absolute Gasteiger partial charge is 0.426 e. The Kier molecular flexibility index (Phi) is 5.10. The summed E-state index contributed by atoms with van der Waals surface area (Å²) in [6.45, 7) is 1.98. The number of halogens is 1. The molecule has 0 radical (unpaired) electrons. The van der Waals surface area contributed by atoms with Gasteiger partial charge in [0.15, 0.2) is 10.8 Å². The maximum atomic E-state index is 12.6. The maximum absolute atomic E-state index is 12.6. The lowest BCUT2D eigenvalue weighted by Gasteiger charge is -2.08. The Bertz CT molecular complexity index is 1050. The lowest BCUT2D eigenvalue weighted by atomic mass is 10.2. The Morgan fingerprint density at radius 2 is 1.96 bits per heavy atom. The van der Waals surface area contributed by atoms with Crippen LogP contribution in [-0.4, -0.2) is 29.1 Å². The standard InChI is InChI=1S/C16H15ClN4O4S/c1-2-6-11-9-10-13-18-14(17)15(21(13)19-11)26(23,24)20-16(22)25-12-7-4-3-5-8-12/h3-5,7-10H,2,6H2,1H3,(H,20,22). The van der Waals surface area contributed by atoms with Gasteiger partial charge in [-0.1, -0.05) is 43.1 Å². The van der Waals surface area contributed by atoms with Crippen molar-refractivity contribution in [2.24, 2.45) is 0 Å². The first-order valence-electron chi connectivity index (χ1n) is 7.74. The molecule has 0 saturated carbocycles. The van der Waals surface area contributed by atoms with Crippen LogP contribution in [0.1, 0.15) is 19.0 Å². The number of nitrogens with zero attached hydrogens (tertiary/aromatic N) is 3. The van der Waals surface area contributed by atoms with E-state index in [1.54, 1.807) is 30.3 Å². The average Bonchev–Trinajstić information content (AvgIpc) is 2.91. The number of rotatable bonds is 5. The average molecular weight is 395 g/mol. The fourth-order valence-electron chi connectivity index (χ4n) is 2.31. The van der Waals surface area contributed by atoms with Crippen molar-refractivity contribution in [1.82, 2.24) is 19.3 Å². The van der Waals surface area contributed by atoms with E-state index < -0.39 is 21.1 Å². The lowest BCUT2D eigenvalue weighted by molar-refractivity contribution is 0.206. The molecule has 10 heteroatoms. The Balaban J connectivity index is 1.92. The predicted molar refractivity (Wildman–Crippen MR) is 94.8 cm³/mol. The molecule has 0 bridgehead atoms. The van der Waals surface area contributed by atoms with E-state index in [9.17, 15) is 13.2 Å². The molecule has 0 aliphatic heterocycles. The van der Waals surface area contributed by atoms with Crippen molar-refractivity contribution in [3.05, 3.63) is 53.3 Å². The minimum Gasteiger partial charge on any atom is -0.410 e. The van der Waals surface area contributed by atoms with Crippen molar-refractivity contribution < 1.29 is 17.9 Å². The number of carbonyl (C=O) groups is 1. The van der Waals surface area contributed by atoms with E-state index in [4.69, 9.17) is 16.3 Å². The highest BCUT2D eigenvalue weighted by atomic mass is 35.5. The second-order valence-electron chi connectivity index (χ2n) is 5.36. The van der Waals surface area contributed by atoms with Gasteiger partial charge in [-0.15, -0.1) is 0 Å². The number of aryl methyl sites for hydroxylation is 1. The van der Waals surface area contributed by atoms with Crippen LogP contribution in [0, 0.1) is 0 Å². The van der Waals surface area contributed by atoms with Crippen LogP contribution in [0.5, 0.6) is 5.75 Å². The van der Waals surface area contributed by atoms with Crippen LogP contribution in [-0.2, 0) is 16.4 Å². The highest BCUT2D eigenvalue weighted by molar-refractivity contribution is 7.90. The van der Waals surface area contributed by atoms with Crippen molar-refractivity contribution in [1.29, 1.82) is 0 Å². The SMILES string of the molecule is CCCc1ccc2nc(Cl)c(S(=O)(=O)NC(=O)Oc3ccccc3)n2n1. The summed E-state index contributed by atoms with van der Waals surface area (Å²) >= 11 is 5.98. The van der Waals surface area contributed by atoms with E-state index >= 15 is 0 Å². The quantitative estimate of drug-likeness (QED) is 0.713. The van der Waals surface area contributed by atoms with E-state index in [-0.39, 0.29) is 16.5 Å². The van der Waals surface area contributed by atoms with Gasteiger partial charge < -0.3 is 4.74 Å². The summed E-state index contributed by atoms with van der Waals surface area (Å²) in [6.07, 6.45) is 0.339. The summed E-state index contributed by atoms with van der Waals surface area (Å²) in [6, 6.07) is 11.4. The molecular formula is C16H15ClN4O4S. The number of imidazole rings is 1. The predicted octanol–water partition coefficient (Wildman–Crippen LogP) is 2.81. The Morgan fingerprint density at radius 3 is 2.65 bits per heavy atom. The highest BCUT2D eigenvalue weighted by Gasteiger charge is 2.28. The van der Waals surface area contributed by atoms with Gasteiger partial charge in [0.25, 0.3) is 10.0 Å². The van der Waals surface area contributed by atoms with Gasteiger partial charge >= 0.3 is 6.09 Å². The van der Waals surface area contributed by atoms with Crippen molar-refractivity contribution in [3.8, 4) is 5.75 Å². The second-order valence-corrected chi connectivity index (χ2v) is 7.32. The molecule has 0 unspecified atom stereocenters. The number of fused-ring (bicyclic) bond motifs is 1. The van der Waals surface area contributed by atoms with Crippen LogP contribution >= 0.6 is 11.6 Å². The van der Waals surface area contributed by atoms with Crippen molar-refractivity contribution in [3.63, 3.8) is 0 Å². The van der Waals surface area contributed by atoms with E-state index in [2.05, 4.69) is 10.1 Å². The molecule has 0 saturated heterocycles. The molecule has 26 heavy (non-hydrogen) atoms. The first-order valence-corrected chi connectivity index (χ1v) is 9.60. The minimum atomic E-state index is -4.34. The van der Waals surface area contributed by atoms with Gasteiger partial charge in [0.2, 0.25) is 5.03 Å². The number of ether oxygens (including phenoxy) is 1. The van der Waals surface area contributed by atoms with E-state index in [0.29, 0.717) is 12.1 Å². The molecule has 0 spiro atoms. The van der Waals surface area contributed by atoms with Gasteiger partial charge in [-0.3, -0.25) is 0 Å². The molecule has 2 aromatic heterocycles. The van der Waals surface area contributed by atoms with Gasteiger partial charge in [-0.2, -0.15) is 18.0 Å². The fraction of sp³-hybridized carbons (Fsp3) is 0.188. The summed E-state index contributed by atoms with van der Waals surface area (Å²) in [5, 5.41) is 3.54. The Labute approximate surface area is 154 Å². The van der Waals surface area contributed by atoms with Gasteiger partial charge in [0, 0.05) is 0 Å². The molecule has 0 fully saturated rings. The molecule has 2 heterocycles. The van der Waals surface area contributed by atoms with Crippen molar-refractivity contribution in [2.45, 2.75) is 24.8 Å². The zero-order valence-corrected chi connectivity index (χ0v) is 15.3. The second kappa shape index (κ2) is 7.30. The molecule has 1 N–H and O–H groups in total. The first-order chi connectivity index (χ1) is 12.4. The first kappa shape index (κ1) is 18.2. The van der Waals surface area contributed by atoms with E-state index in [0.717, 1.165) is 10.9 Å². The summed E-state index contributed by atoms with van der Waals surface area (Å²) in [5.74, 6) is 0.202. The molecular weight excluding hydrogens is 380 g/mol. The van der Waals surface area contributed by atoms with Gasteiger partial charge in [0.05, 0.1) is 5.69 Å². The molecule has 0 aliphatic carbocycles. The summed E-state index contributed by atoms with van der Waals surface area (Å²) in [4.78, 5) is 15.9. The third-order valence-corrected chi connectivity index (χ3v) is 5.07. The fourth-order valence-corrected chi connectivity index (χ4v) is 3.77. The Hall–Kier alpha value is -2.65. The lowest BCUT2D eigenvalue weighted by Crippen LogP contribution is -2.34. The maximum Gasteiger partial charge on any atom is 0.426 e. The third kappa shape index (κ3) is 3.78. The molecule has 8 nitrogen and oxygen atoms in total. The smallest absolute Gasteiger partial charge is 0.410 e. The summed E-state index contributed by atoms with van der Waals surface area (Å²) < 4.78 is 33.1. The number of aromatic nitrogens is 3. The topological polar surface area (TPSA) is 103 Å². The number of benzene rings is 1. The third-order valence-electron chi connectivity index (χ3n) is 3.38. The van der Waals surface area contributed by atoms with Gasteiger partial charge in [0.1, 0.15) is 5.75 Å². The number of amides is 1. The number of para-hydroxylation sites is 1. The molecule has 1 aromatic carbocycles. The van der Waals surface area contributed by atoms with Crippen LogP contribution < -0.4 is 9.46 Å². The van der Waals surface area contributed by atoms with Crippen LogP contribution in [0.4, 0.5) is 4.79 Å². The highest BCUT2D eigenvalue weighted by Crippen LogP contribution is 2.22. The van der Waals surface area contributed by atoms with Gasteiger partial charge in [-0.05, 0) is 30.7 Å². The Morgan fingerprint density at radius 1 is 1.23 bits per heavy atom. The summed E-state index contributed by atoms with van der Waals surface area (Å²) in [7, 11) is -4.34. The van der Waals surface area contributed by atoms with E-state index in [1.165, 1.54) is 12.1 Å². The number of hydrogen-bond donors (Lipinski definition) is 1. The molecule has 136 valence electrons. The monoisotopic (exact) mass is 394 g/mol. The van der Waals surface area contributed by atoms with E-state index in [1.807, 2.05) is 11.6 Å². The zero-order chi connectivity index (χ0) is 18.7. The zero-order valence-electron chi connectivity index (χ0n) is 13.7. The summed E-state index contributed by atoms with van der Waals surface area (Å²) in [5.41, 5.74) is 0.934. The van der Waals surface area contributed by atoms with Crippen molar-refractivity contribution in [2.75, 3.05) is 0 Å². The van der Waals surface area contributed by atoms with Crippen LogP contribution in [0.15, 0.2) is 47.5 Å². The number of sulfonamides is 1. The minimum absolute atomic E-state index is 0.202. The molecule has 3 rings (SSSR count). The molecule has 0 atom stereocenters. The normalized spacial score (nSPS) is 11.5. The van der Waals surface area contributed by atoms with Gasteiger partial charge in [-0.25, -0.2) is 14.5 Å². The van der Waals surface area contributed by atoms with Crippen LogP contribution in [0.25, 0.3) is 5.65 Å². The van der Waals surface area contributed by atoms with Crippen molar-refractivity contribution >= 4 is 33.4 Å².